The molecule has 3 fully saturated rings. The molecule has 23 heavy (non-hydrogen) atoms. The molecule has 1 unspecified atom stereocenters. The Morgan fingerprint density at radius 1 is 1.22 bits per heavy atom. The number of rotatable bonds is 3. The van der Waals surface area contributed by atoms with Gasteiger partial charge in [0.05, 0.1) is 31.8 Å². The first kappa shape index (κ1) is 14.9. The first-order valence-electron chi connectivity index (χ1n) is 7.57. The number of carbonyl (C=O) groups is 1. The van der Waals surface area contributed by atoms with E-state index in [2.05, 4.69) is 0 Å². The molecule has 124 valence electrons. The summed E-state index contributed by atoms with van der Waals surface area (Å²) in [5.41, 5.74) is 0.809. The molecule has 0 radical (unpaired) electrons. The van der Waals surface area contributed by atoms with Crippen molar-refractivity contribution in [2.75, 3.05) is 13.7 Å². The zero-order valence-electron chi connectivity index (χ0n) is 12.5. The fourth-order valence-electron chi connectivity index (χ4n) is 3.51. The predicted octanol–water partition coefficient (Wildman–Crippen LogP) is 0.568. The molecular weight excluding hydrogens is 304 g/mol. The summed E-state index contributed by atoms with van der Waals surface area (Å²) in [6.07, 6.45) is -2.93. The van der Waals surface area contributed by atoms with Crippen LogP contribution in [0.1, 0.15) is 11.9 Å². The third-order valence-electron chi connectivity index (χ3n) is 4.80. The number of hydrogen-bond donors (Lipinski definition) is 2. The zero-order valence-corrected chi connectivity index (χ0v) is 12.5. The molecule has 1 saturated carbocycles. The fraction of sp³-hybridized carbons (Fsp3) is 0.562. The van der Waals surface area contributed by atoms with Gasteiger partial charge in [-0.3, -0.25) is 4.79 Å². The number of fused-ring (bicyclic) bond motifs is 2. The standard InChI is InChI=1S/C16H18O7/c1-20-8-4-2-7(3-5-8)16-21-6-9-13(23-16)12(17)10-11(15(18)19)14(10)22-9/h2-5,9-14,16-17H,6H2,1H3,(H,18,19)/t9-,10-,11?,12-,13-,14+,16-/m1/s1. The van der Waals surface area contributed by atoms with Crippen LogP contribution in [0.15, 0.2) is 24.3 Å². The third-order valence-corrected chi connectivity index (χ3v) is 4.80. The van der Waals surface area contributed by atoms with Gasteiger partial charge in [0.25, 0.3) is 0 Å². The van der Waals surface area contributed by atoms with Crippen molar-refractivity contribution in [2.24, 2.45) is 11.8 Å². The van der Waals surface area contributed by atoms with Gasteiger partial charge in [-0.1, -0.05) is 12.1 Å². The molecular formula is C16H18O7. The second kappa shape index (κ2) is 5.45. The number of carboxylic acids is 1. The third kappa shape index (κ3) is 2.40. The molecule has 7 heteroatoms. The number of methoxy groups -OCH3 is 1. The highest BCUT2D eigenvalue weighted by Gasteiger charge is 2.67. The largest absolute Gasteiger partial charge is 0.497 e. The van der Waals surface area contributed by atoms with Gasteiger partial charge in [-0.2, -0.15) is 0 Å². The van der Waals surface area contributed by atoms with Crippen molar-refractivity contribution in [2.45, 2.75) is 30.7 Å². The van der Waals surface area contributed by atoms with Crippen molar-refractivity contribution in [1.29, 1.82) is 0 Å². The first-order valence-corrected chi connectivity index (χ1v) is 7.57. The van der Waals surface area contributed by atoms with Crippen molar-refractivity contribution in [3.05, 3.63) is 29.8 Å². The molecule has 4 rings (SSSR count). The lowest BCUT2D eigenvalue weighted by Crippen LogP contribution is -2.53. The Morgan fingerprint density at radius 2 is 1.96 bits per heavy atom. The number of carboxylic acid groups (broad SMARTS) is 1. The Kier molecular flexibility index (Phi) is 3.53. The van der Waals surface area contributed by atoms with Crippen LogP contribution in [-0.2, 0) is 19.0 Å². The van der Waals surface area contributed by atoms with E-state index >= 15 is 0 Å². The van der Waals surface area contributed by atoms with E-state index < -0.39 is 48.5 Å². The monoisotopic (exact) mass is 322 g/mol. The summed E-state index contributed by atoms with van der Waals surface area (Å²) in [6, 6.07) is 7.28. The van der Waals surface area contributed by atoms with Crippen LogP contribution in [0.3, 0.4) is 0 Å². The second-order valence-corrected chi connectivity index (χ2v) is 6.11. The highest BCUT2D eigenvalue weighted by Crippen LogP contribution is 2.52. The number of aliphatic carboxylic acids is 1. The summed E-state index contributed by atoms with van der Waals surface area (Å²) in [7, 11) is 1.59. The topological polar surface area (TPSA) is 94.5 Å². The molecule has 2 saturated heterocycles. The van der Waals surface area contributed by atoms with E-state index in [1.807, 2.05) is 12.1 Å². The van der Waals surface area contributed by atoms with Gasteiger partial charge in [0.2, 0.25) is 0 Å². The maximum Gasteiger partial charge on any atom is 0.309 e. The molecule has 1 aromatic carbocycles. The average Bonchev–Trinajstić information content (AvgIpc) is 3.30. The smallest absolute Gasteiger partial charge is 0.309 e. The lowest BCUT2D eigenvalue weighted by atomic mass is 9.99. The van der Waals surface area contributed by atoms with Gasteiger partial charge >= 0.3 is 5.97 Å². The minimum Gasteiger partial charge on any atom is -0.497 e. The molecule has 3 aliphatic rings. The van der Waals surface area contributed by atoms with Crippen molar-refractivity contribution in [1.82, 2.24) is 0 Å². The summed E-state index contributed by atoms with van der Waals surface area (Å²) in [4.78, 5) is 11.2. The van der Waals surface area contributed by atoms with Crippen molar-refractivity contribution in [3.63, 3.8) is 0 Å². The molecule has 2 N–H and O–H groups in total. The first-order chi connectivity index (χ1) is 11.1. The fourth-order valence-corrected chi connectivity index (χ4v) is 3.51. The minimum absolute atomic E-state index is 0.258. The van der Waals surface area contributed by atoms with Crippen molar-refractivity contribution in [3.8, 4) is 5.75 Å². The molecule has 7 atom stereocenters. The van der Waals surface area contributed by atoms with Crippen LogP contribution in [0.25, 0.3) is 0 Å². The Hall–Kier alpha value is -1.67. The lowest BCUT2D eigenvalue weighted by Gasteiger charge is -2.41. The quantitative estimate of drug-likeness (QED) is 0.840. The molecule has 1 aromatic rings. The number of ether oxygens (including phenoxy) is 4. The van der Waals surface area contributed by atoms with Gasteiger partial charge in [0.15, 0.2) is 6.29 Å². The predicted molar refractivity (Wildman–Crippen MR) is 75.8 cm³/mol. The van der Waals surface area contributed by atoms with Gasteiger partial charge in [-0.25, -0.2) is 0 Å². The summed E-state index contributed by atoms with van der Waals surface area (Å²) >= 11 is 0. The molecule has 7 nitrogen and oxygen atoms in total. The van der Waals surface area contributed by atoms with E-state index in [0.717, 1.165) is 11.3 Å². The van der Waals surface area contributed by atoms with Gasteiger partial charge in [-0.05, 0) is 12.1 Å². The Morgan fingerprint density at radius 3 is 2.61 bits per heavy atom. The van der Waals surface area contributed by atoms with Gasteiger partial charge in [0.1, 0.15) is 18.0 Å². The molecule has 0 spiro atoms. The number of hydrogen-bond acceptors (Lipinski definition) is 6. The van der Waals surface area contributed by atoms with Gasteiger partial charge < -0.3 is 29.2 Å². The molecule has 2 heterocycles. The van der Waals surface area contributed by atoms with Crippen LogP contribution in [0.5, 0.6) is 5.75 Å². The number of benzene rings is 1. The Balaban J connectivity index is 1.49. The lowest BCUT2D eigenvalue weighted by molar-refractivity contribution is -0.300. The van der Waals surface area contributed by atoms with Crippen LogP contribution < -0.4 is 4.74 Å². The summed E-state index contributed by atoms with van der Waals surface area (Å²) in [5.74, 6) is -1.26. The Bertz CT molecular complexity index is 601. The zero-order chi connectivity index (χ0) is 16.1. The second-order valence-electron chi connectivity index (χ2n) is 6.11. The van der Waals surface area contributed by atoms with Crippen LogP contribution in [0.4, 0.5) is 0 Å². The number of aliphatic hydroxyl groups is 1. The highest BCUT2D eigenvalue weighted by atomic mass is 16.7. The van der Waals surface area contributed by atoms with E-state index in [1.165, 1.54) is 0 Å². The molecule has 2 aliphatic heterocycles. The SMILES string of the molecule is COc1ccc([C@@H]2OC[C@H]3O[C@@H]4C(C(=O)O)[C@@H]4[C@@H](O)[C@@H]3O2)cc1. The molecule has 0 amide bonds. The maximum absolute atomic E-state index is 11.2. The van der Waals surface area contributed by atoms with Crippen LogP contribution in [0.2, 0.25) is 0 Å². The van der Waals surface area contributed by atoms with Gasteiger partial charge in [-0.15, -0.1) is 0 Å². The van der Waals surface area contributed by atoms with E-state index in [9.17, 15) is 9.90 Å². The van der Waals surface area contributed by atoms with Gasteiger partial charge in [0, 0.05) is 11.5 Å². The van der Waals surface area contributed by atoms with Crippen LogP contribution in [-0.4, -0.2) is 54.3 Å². The van der Waals surface area contributed by atoms with Crippen molar-refractivity contribution < 1.29 is 34.0 Å². The summed E-state index contributed by atoms with van der Waals surface area (Å²) < 4.78 is 22.4. The highest BCUT2D eigenvalue weighted by molar-refractivity contribution is 5.75. The molecule has 1 aliphatic carbocycles. The normalized spacial score (nSPS) is 41.6. The van der Waals surface area contributed by atoms with E-state index in [4.69, 9.17) is 24.1 Å². The Labute approximate surface area is 132 Å². The van der Waals surface area contributed by atoms with Crippen molar-refractivity contribution >= 4 is 5.97 Å². The van der Waals surface area contributed by atoms with Crippen LogP contribution in [0, 0.1) is 11.8 Å². The van der Waals surface area contributed by atoms with Crippen LogP contribution >= 0.6 is 0 Å². The molecule has 0 aromatic heterocycles. The minimum atomic E-state index is -0.940. The van der Waals surface area contributed by atoms with E-state index in [0.29, 0.717) is 0 Å². The average molecular weight is 322 g/mol. The maximum atomic E-state index is 11.2. The summed E-state index contributed by atoms with van der Waals surface area (Å²) in [5, 5.41) is 19.6. The van der Waals surface area contributed by atoms with E-state index in [-0.39, 0.29) is 6.61 Å². The van der Waals surface area contributed by atoms with E-state index in [1.54, 1.807) is 19.2 Å². The molecule has 0 bridgehead atoms. The summed E-state index contributed by atoms with van der Waals surface area (Å²) in [6.45, 7) is 0.258. The number of aliphatic hydroxyl groups excluding tert-OH is 1.